The fraction of sp³-hybridized carbons (Fsp3) is 0.500. The summed E-state index contributed by atoms with van der Waals surface area (Å²) in [5.74, 6) is -3.50. The number of phenolic OH excluding ortho intramolecular Hbond substituents is 1. The predicted molar refractivity (Wildman–Crippen MR) is 129 cm³/mol. The maximum atomic E-state index is 13.0. The summed E-state index contributed by atoms with van der Waals surface area (Å²) >= 11 is 0. The fourth-order valence-electron chi connectivity index (χ4n) is 3.07. The number of nitrogens with two attached hydrogens (primary N) is 3. The van der Waals surface area contributed by atoms with E-state index in [0.29, 0.717) is 18.5 Å². The Labute approximate surface area is 203 Å². The largest absolute Gasteiger partial charge is 0.508 e. The molecule has 1 aromatic carbocycles. The van der Waals surface area contributed by atoms with Crippen LogP contribution in [0.1, 0.15) is 32.3 Å². The molecule has 0 aliphatic carbocycles. The predicted octanol–water partition coefficient (Wildman–Crippen LogP) is -1.86. The summed E-state index contributed by atoms with van der Waals surface area (Å²) in [6.07, 6.45) is 0.778. The molecule has 0 heterocycles. The number of amides is 3. The van der Waals surface area contributed by atoms with Gasteiger partial charge < -0.3 is 43.4 Å². The molecule has 3 unspecified atom stereocenters. The van der Waals surface area contributed by atoms with Crippen LogP contribution in [0.15, 0.2) is 29.3 Å². The van der Waals surface area contributed by atoms with Crippen LogP contribution in [-0.2, 0) is 25.6 Å². The highest BCUT2D eigenvalue weighted by Gasteiger charge is 2.30. The number of aliphatic imine (C=N–C) groups is 1. The standard InChI is InChI=1S/C22H35N7O6/c1-12(2)18(29-19(33)15(23)4-3-9-26-22(24)25)21(35)28-16(20(34)27-11-17(31)32)10-13-5-7-14(30)8-6-13/h5-8,12,15-16,18,30H,3-4,9-11,23H2,1-2H3,(H,27,34)(H,28,35)(H,29,33)(H,31,32)(H4,24,25,26). The van der Waals surface area contributed by atoms with Crippen molar-refractivity contribution in [3.05, 3.63) is 29.8 Å². The van der Waals surface area contributed by atoms with Gasteiger partial charge in [0.1, 0.15) is 24.4 Å². The summed E-state index contributed by atoms with van der Waals surface area (Å²) in [5, 5.41) is 25.8. The van der Waals surface area contributed by atoms with E-state index in [9.17, 15) is 24.3 Å². The van der Waals surface area contributed by atoms with Crippen LogP contribution in [0.3, 0.4) is 0 Å². The number of nitrogens with zero attached hydrogens (tertiary/aromatic N) is 1. The zero-order chi connectivity index (χ0) is 26.5. The number of carbonyl (C=O) groups is 4. The van der Waals surface area contributed by atoms with Gasteiger partial charge in [-0.15, -0.1) is 0 Å². The first-order valence-corrected chi connectivity index (χ1v) is 11.1. The van der Waals surface area contributed by atoms with Crippen molar-refractivity contribution in [3.63, 3.8) is 0 Å². The van der Waals surface area contributed by atoms with Crippen molar-refractivity contribution >= 4 is 29.7 Å². The lowest BCUT2D eigenvalue weighted by Crippen LogP contribution is -2.58. The smallest absolute Gasteiger partial charge is 0.322 e. The molecule has 0 bridgehead atoms. The Morgan fingerprint density at radius 3 is 2.17 bits per heavy atom. The molecule has 0 spiro atoms. The van der Waals surface area contributed by atoms with Crippen molar-refractivity contribution in [2.45, 2.75) is 51.2 Å². The van der Waals surface area contributed by atoms with Crippen LogP contribution in [0.4, 0.5) is 0 Å². The topological polar surface area (TPSA) is 235 Å². The molecule has 0 fully saturated rings. The molecule has 13 heteroatoms. The quantitative estimate of drug-likeness (QED) is 0.0823. The minimum atomic E-state index is -1.24. The van der Waals surface area contributed by atoms with E-state index in [-0.39, 0.29) is 30.5 Å². The number of nitrogens with one attached hydrogen (secondary N) is 3. The van der Waals surface area contributed by atoms with E-state index in [0.717, 1.165) is 0 Å². The Morgan fingerprint density at radius 1 is 1.00 bits per heavy atom. The van der Waals surface area contributed by atoms with Gasteiger partial charge in [-0.05, 0) is 36.5 Å². The number of rotatable bonds is 14. The van der Waals surface area contributed by atoms with Gasteiger partial charge in [-0.25, -0.2) is 0 Å². The molecule has 3 atom stereocenters. The van der Waals surface area contributed by atoms with E-state index < -0.39 is 48.4 Å². The van der Waals surface area contributed by atoms with E-state index >= 15 is 0 Å². The fourth-order valence-corrected chi connectivity index (χ4v) is 3.07. The van der Waals surface area contributed by atoms with E-state index in [1.165, 1.54) is 12.1 Å². The van der Waals surface area contributed by atoms with Crippen LogP contribution < -0.4 is 33.2 Å². The van der Waals surface area contributed by atoms with Crippen molar-refractivity contribution in [2.24, 2.45) is 28.1 Å². The molecular weight excluding hydrogens is 458 g/mol. The van der Waals surface area contributed by atoms with Gasteiger partial charge in [-0.2, -0.15) is 0 Å². The molecule has 3 amide bonds. The second-order valence-corrected chi connectivity index (χ2v) is 8.33. The van der Waals surface area contributed by atoms with Crippen molar-refractivity contribution in [1.29, 1.82) is 0 Å². The van der Waals surface area contributed by atoms with Gasteiger partial charge in [-0.3, -0.25) is 24.2 Å². The second kappa shape index (κ2) is 14.4. The summed E-state index contributed by atoms with van der Waals surface area (Å²) in [7, 11) is 0. The molecule has 0 radical (unpaired) electrons. The van der Waals surface area contributed by atoms with E-state index in [1.807, 2.05) is 0 Å². The van der Waals surface area contributed by atoms with E-state index in [4.69, 9.17) is 22.3 Å². The zero-order valence-electron chi connectivity index (χ0n) is 19.9. The summed E-state index contributed by atoms with van der Waals surface area (Å²) in [5.41, 5.74) is 17.0. The number of guanidine groups is 1. The number of hydrogen-bond acceptors (Lipinski definition) is 7. The molecule has 0 aromatic heterocycles. The Hall–Kier alpha value is -3.87. The van der Waals surface area contributed by atoms with Crippen LogP contribution in [-0.4, -0.2) is 71.1 Å². The highest BCUT2D eigenvalue weighted by Crippen LogP contribution is 2.12. The van der Waals surface area contributed by atoms with Crippen molar-refractivity contribution < 1.29 is 29.4 Å². The summed E-state index contributed by atoms with van der Waals surface area (Å²) in [6, 6.07) is 2.97. The van der Waals surface area contributed by atoms with Gasteiger partial charge in [-0.1, -0.05) is 26.0 Å². The third-order valence-electron chi connectivity index (χ3n) is 4.97. The lowest BCUT2D eigenvalue weighted by molar-refractivity contribution is -0.138. The van der Waals surface area contributed by atoms with Crippen molar-refractivity contribution in [2.75, 3.05) is 13.1 Å². The van der Waals surface area contributed by atoms with E-state index in [1.54, 1.807) is 26.0 Å². The molecule has 13 nitrogen and oxygen atoms in total. The molecule has 0 aliphatic rings. The third kappa shape index (κ3) is 11.2. The zero-order valence-corrected chi connectivity index (χ0v) is 19.9. The minimum absolute atomic E-state index is 0.0283. The average molecular weight is 494 g/mol. The van der Waals surface area contributed by atoms with Crippen molar-refractivity contribution in [3.8, 4) is 5.75 Å². The summed E-state index contributed by atoms with van der Waals surface area (Å²) in [6.45, 7) is 3.12. The molecule has 35 heavy (non-hydrogen) atoms. The third-order valence-corrected chi connectivity index (χ3v) is 4.97. The van der Waals surface area contributed by atoms with E-state index in [2.05, 4.69) is 20.9 Å². The maximum absolute atomic E-state index is 13.0. The number of aromatic hydroxyl groups is 1. The van der Waals surface area contributed by atoms with Gasteiger partial charge in [0.2, 0.25) is 17.7 Å². The summed E-state index contributed by atoms with van der Waals surface area (Å²) < 4.78 is 0. The minimum Gasteiger partial charge on any atom is -0.508 e. The van der Waals surface area contributed by atoms with Gasteiger partial charge in [0.05, 0.1) is 6.04 Å². The number of hydrogen-bond donors (Lipinski definition) is 8. The number of carboxylic acids is 1. The molecule has 11 N–H and O–H groups in total. The van der Waals surface area contributed by atoms with Gasteiger partial charge in [0.15, 0.2) is 5.96 Å². The lowest BCUT2D eigenvalue weighted by atomic mass is 10.00. The first-order chi connectivity index (χ1) is 16.4. The molecule has 0 saturated heterocycles. The SMILES string of the molecule is CC(C)C(NC(=O)C(N)CCCN=C(N)N)C(=O)NC(Cc1ccc(O)cc1)C(=O)NCC(=O)O. The Morgan fingerprint density at radius 2 is 1.63 bits per heavy atom. The monoisotopic (exact) mass is 493 g/mol. The van der Waals surface area contributed by atoms with Crippen LogP contribution in [0, 0.1) is 5.92 Å². The van der Waals surface area contributed by atoms with Gasteiger partial charge in [0, 0.05) is 13.0 Å². The molecule has 0 aliphatic heterocycles. The molecule has 1 rings (SSSR count). The van der Waals surface area contributed by atoms with Gasteiger partial charge in [0.25, 0.3) is 0 Å². The lowest BCUT2D eigenvalue weighted by Gasteiger charge is -2.26. The van der Waals surface area contributed by atoms with Crippen LogP contribution in [0.5, 0.6) is 5.75 Å². The number of carboxylic acid groups (broad SMARTS) is 1. The Bertz CT molecular complexity index is 900. The Kier molecular flexibility index (Phi) is 12.0. The maximum Gasteiger partial charge on any atom is 0.322 e. The molecular formula is C22H35N7O6. The summed E-state index contributed by atoms with van der Waals surface area (Å²) in [4.78, 5) is 52.8. The molecule has 1 aromatic rings. The van der Waals surface area contributed by atoms with Crippen molar-refractivity contribution in [1.82, 2.24) is 16.0 Å². The average Bonchev–Trinajstić information content (AvgIpc) is 2.78. The van der Waals surface area contributed by atoms with Gasteiger partial charge >= 0.3 is 5.97 Å². The number of carbonyl (C=O) groups excluding carboxylic acids is 3. The van der Waals surface area contributed by atoms with Crippen LogP contribution >= 0.6 is 0 Å². The first-order valence-electron chi connectivity index (χ1n) is 11.1. The first kappa shape index (κ1) is 29.2. The molecule has 0 saturated carbocycles. The highest BCUT2D eigenvalue weighted by atomic mass is 16.4. The normalized spacial score (nSPS) is 13.3. The second-order valence-electron chi connectivity index (χ2n) is 8.33. The van der Waals surface area contributed by atoms with Crippen LogP contribution in [0.2, 0.25) is 0 Å². The van der Waals surface area contributed by atoms with Crippen LogP contribution in [0.25, 0.3) is 0 Å². The number of benzene rings is 1. The molecule has 194 valence electrons. The highest BCUT2D eigenvalue weighted by molar-refractivity contribution is 5.94. The number of phenols is 1. The Balaban J connectivity index is 2.89. The number of aliphatic carboxylic acids is 1.